The second-order valence-corrected chi connectivity index (χ2v) is 6.87. The van der Waals surface area contributed by atoms with E-state index in [4.69, 9.17) is 5.73 Å². The van der Waals surface area contributed by atoms with Crippen molar-refractivity contribution in [3.8, 4) is 0 Å². The zero-order valence-electron chi connectivity index (χ0n) is 14.4. The molecular formula is C18H27ClN4O2. The van der Waals surface area contributed by atoms with E-state index >= 15 is 0 Å². The zero-order valence-corrected chi connectivity index (χ0v) is 15.2. The van der Waals surface area contributed by atoms with E-state index < -0.39 is 5.54 Å². The molecule has 1 saturated heterocycles. The Morgan fingerprint density at radius 1 is 1.12 bits per heavy atom. The predicted molar refractivity (Wildman–Crippen MR) is 101 cm³/mol. The van der Waals surface area contributed by atoms with Crippen LogP contribution in [-0.2, 0) is 11.3 Å². The van der Waals surface area contributed by atoms with Gasteiger partial charge in [-0.3, -0.25) is 4.79 Å². The number of benzene rings is 1. The zero-order chi connectivity index (χ0) is 17.0. The van der Waals surface area contributed by atoms with E-state index in [1.54, 1.807) is 0 Å². The Bertz CT molecular complexity index is 611. The minimum atomic E-state index is -0.707. The van der Waals surface area contributed by atoms with Gasteiger partial charge in [0.1, 0.15) is 0 Å². The highest BCUT2D eigenvalue weighted by molar-refractivity contribution is 5.89. The van der Waals surface area contributed by atoms with Gasteiger partial charge in [-0.1, -0.05) is 25.0 Å². The van der Waals surface area contributed by atoms with Gasteiger partial charge in [0.15, 0.2) is 0 Å². The molecule has 0 bridgehead atoms. The van der Waals surface area contributed by atoms with Crippen LogP contribution >= 0.6 is 12.4 Å². The molecule has 4 N–H and O–H groups in total. The van der Waals surface area contributed by atoms with Crippen LogP contribution in [-0.4, -0.2) is 35.5 Å². The third-order valence-electron chi connectivity index (χ3n) is 4.97. The summed E-state index contributed by atoms with van der Waals surface area (Å²) in [6.45, 7) is 2.06. The van der Waals surface area contributed by atoms with Crippen LogP contribution in [0.3, 0.4) is 0 Å². The van der Waals surface area contributed by atoms with E-state index in [-0.39, 0.29) is 24.3 Å². The standard InChI is InChI=1S/C18H26N4O2.ClH/c19-18(8-1-2-9-18)16(23)20-13-14-6-5-7-15(12-14)21-17(24)22-10-3-4-11-22;/h5-7,12H,1-4,8-11,13,19H2,(H,20,23)(H,21,24);1H. The molecule has 25 heavy (non-hydrogen) atoms. The van der Waals surface area contributed by atoms with E-state index in [9.17, 15) is 9.59 Å². The third-order valence-corrected chi connectivity index (χ3v) is 4.97. The maximum absolute atomic E-state index is 12.3. The molecule has 0 unspecified atom stereocenters. The summed E-state index contributed by atoms with van der Waals surface area (Å²) in [5.41, 5.74) is 7.15. The molecule has 3 amide bonds. The molecule has 2 aliphatic rings. The fourth-order valence-corrected chi connectivity index (χ4v) is 3.47. The first-order chi connectivity index (χ1) is 11.6. The van der Waals surface area contributed by atoms with Gasteiger partial charge in [0.2, 0.25) is 5.91 Å². The molecule has 1 aliphatic heterocycles. The number of hydrogen-bond donors (Lipinski definition) is 3. The first-order valence-electron chi connectivity index (χ1n) is 8.79. The van der Waals surface area contributed by atoms with Crippen molar-refractivity contribution < 1.29 is 9.59 Å². The molecule has 1 aliphatic carbocycles. The fraction of sp³-hybridized carbons (Fsp3) is 0.556. The molecule has 1 heterocycles. The highest BCUT2D eigenvalue weighted by atomic mass is 35.5. The van der Waals surface area contributed by atoms with Gasteiger partial charge in [0.05, 0.1) is 5.54 Å². The topological polar surface area (TPSA) is 87.5 Å². The normalized spacial score (nSPS) is 18.5. The van der Waals surface area contributed by atoms with Crippen molar-refractivity contribution in [2.75, 3.05) is 18.4 Å². The van der Waals surface area contributed by atoms with Gasteiger partial charge in [0, 0.05) is 25.3 Å². The third kappa shape index (κ3) is 4.86. The van der Waals surface area contributed by atoms with E-state index in [2.05, 4.69) is 10.6 Å². The lowest BCUT2D eigenvalue weighted by Crippen LogP contribution is -2.51. The lowest BCUT2D eigenvalue weighted by molar-refractivity contribution is -0.126. The molecule has 7 heteroatoms. The number of anilines is 1. The molecule has 6 nitrogen and oxygen atoms in total. The molecule has 1 aromatic carbocycles. The Morgan fingerprint density at radius 3 is 2.48 bits per heavy atom. The number of urea groups is 1. The summed E-state index contributed by atoms with van der Waals surface area (Å²) in [6, 6.07) is 7.52. The van der Waals surface area contributed by atoms with Crippen molar-refractivity contribution in [2.45, 2.75) is 50.6 Å². The van der Waals surface area contributed by atoms with E-state index in [1.165, 1.54) is 0 Å². The van der Waals surface area contributed by atoms with Crippen LogP contribution in [0.25, 0.3) is 0 Å². The first-order valence-corrected chi connectivity index (χ1v) is 8.79. The molecule has 0 radical (unpaired) electrons. The summed E-state index contributed by atoms with van der Waals surface area (Å²) in [5, 5.41) is 5.85. The number of carbonyl (C=O) groups is 2. The van der Waals surface area contributed by atoms with Crippen LogP contribution in [0, 0.1) is 0 Å². The van der Waals surface area contributed by atoms with Crippen LogP contribution in [0.15, 0.2) is 24.3 Å². The Balaban J connectivity index is 0.00000225. The van der Waals surface area contributed by atoms with Gasteiger partial charge in [-0.15, -0.1) is 12.4 Å². The number of nitrogens with two attached hydrogens (primary N) is 1. The van der Waals surface area contributed by atoms with Crippen molar-refractivity contribution in [1.82, 2.24) is 10.2 Å². The number of amides is 3. The maximum atomic E-state index is 12.3. The van der Waals surface area contributed by atoms with Crippen LogP contribution < -0.4 is 16.4 Å². The SMILES string of the molecule is Cl.NC1(C(=O)NCc2cccc(NC(=O)N3CCCC3)c2)CCCC1. The Morgan fingerprint density at radius 2 is 1.80 bits per heavy atom. The van der Waals surface area contributed by atoms with Crippen molar-refractivity contribution >= 4 is 30.0 Å². The lowest BCUT2D eigenvalue weighted by Gasteiger charge is -2.22. The van der Waals surface area contributed by atoms with Crippen molar-refractivity contribution in [3.63, 3.8) is 0 Å². The van der Waals surface area contributed by atoms with Crippen LogP contribution in [0.1, 0.15) is 44.1 Å². The van der Waals surface area contributed by atoms with Crippen LogP contribution in [0.2, 0.25) is 0 Å². The van der Waals surface area contributed by atoms with Crippen LogP contribution in [0.4, 0.5) is 10.5 Å². The molecule has 138 valence electrons. The fourth-order valence-electron chi connectivity index (χ4n) is 3.47. The number of nitrogens with one attached hydrogen (secondary N) is 2. The molecule has 1 saturated carbocycles. The summed E-state index contributed by atoms with van der Waals surface area (Å²) in [4.78, 5) is 26.2. The summed E-state index contributed by atoms with van der Waals surface area (Å²) in [5.74, 6) is -0.0773. The Kier molecular flexibility index (Phi) is 6.67. The highest BCUT2D eigenvalue weighted by Crippen LogP contribution is 2.27. The smallest absolute Gasteiger partial charge is 0.321 e. The minimum Gasteiger partial charge on any atom is -0.350 e. The number of nitrogens with zero attached hydrogens (tertiary/aromatic N) is 1. The molecule has 0 aromatic heterocycles. The maximum Gasteiger partial charge on any atom is 0.321 e. The molecule has 3 rings (SSSR count). The van der Waals surface area contributed by atoms with Crippen molar-refractivity contribution in [1.29, 1.82) is 0 Å². The van der Waals surface area contributed by atoms with Gasteiger partial charge < -0.3 is 21.3 Å². The predicted octanol–water partition coefficient (Wildman–Crippen LogP) is 2.62. The number of rotatable bonds is 4. The Labute approximate surface area is 154 Å². The summed E-state index contributed by atoms with van der Waals surface area (Å²) in [6.07, 6.45) is 5.68. The average Bonchev–Trinajstić information content (AvgIpc) is 3.25. The molecule has 2 fully saturated rings. The Hall–Kier alpha value is -1.79. The molecular weight excluding hydrogens is 340 g/mol. The second kappa shape index (κ2) is 8.54. The minimum absolute atomic E-state index is 0. The molecule has 0 spiro atoms. The lowest BCUT2D eigenvalue weighted by atomic mass is 9.98. The van der Waals surface area contributed by atoms with Crippen molar-refractivity contribution in [2.24, 2.45) is 5.73 Å². The van der Waals surface area contributed by atoms with E-state index in [0.29, 0.717) is 6.54 Å². The second-order valence-electron chi connectivity index (χ2n) is 6.87. The average molecular weight is 367 g/mol. The van der Waals surface area contributed by atoms with Gasteiger partial charge in [-0.2, -0.15) is 0 Å². The van der Waals surface area contributed by atoms with Gasteiger partial charge in [-0.25, -0.2) is 4.79 Å². The van der Waals surface area contributed by atoms with E-state index in [1.807, 2.05) is 29.2 Å². The molecule has 0 atom stereocenters. The monoisotopic (exact) mass is 366 g/mol. The van der Waals surface area contributed by atoms with Gasteiger partial charge in [0.25, 0.3) is 0 Å². The quantitative estimate of drug-likeness (QED) is 0.765. The number of likely N-dealkylation sites (tertiary alicyclic amines) is 1. The summed E-state index contributed by atoms with van der Waals surface area (Å²) >= 11 is 0. The highest BCUT2D eigenvalue weighted by Gasteiger charge is 2.36. The number of halogens is 1. The number of carbonyl (C=O) groups excluding carboxylic acids is 2. The van der Waals surface area contributed by atoms with Gasteiger partial charge >= 0.3 is 6.03 Å². The summed E-state index contributed by atoms with van der Waals surface area (Å²) < 4.78 is 0. The molecule has 1 aromatic rings. The number of hydrogen-bond acceptors (Lipinski definition) is 3. The van der Waals surface area contributed by atoms with Crippen LogP contribution in [0.5, 0.6) is 0 Å². The first kappa shape index (κ1) is 19.5. The van der Waals surface area contributed by atoms with Crippen molar-refractivity contribution in [3.05, 3.63) is 29.8 Å². The summed E-state index contributed by atoms with van der Waals surface area (Å²) in [7, 11) is 0. The van der Waals surface area contributed by atoms with Gasteiger partial charge in [-0.05, 0) is 43.4 Å². The van der Waals surface area contributed by atoms with E-state index in [0.717, 1.165) is 62.9 Å². The largest absolute Gasteiger partial charge is 0.350 e.